The molecule has 4 aromatic heterocycles. The van der Waals surface area contributed by atoms with Gasteiger partial charge in [-0.05, 0) is 70.1 Å². The maximum atomic E-state index is 6.48. The zero-order valence-corrected chi connectivity index (χ0v) is 24.9. The monoisotopic (exact) mass is 601 g/mol. The molecule has 0 atom stereocenters. The van der Waals surface area contributed by atoms with Crippen molar-refractivity contribution in [2.75, 3.05) is 0 Å². The molecule has 0 N–H and O–H groups in total. The number of rotatable bonds is 2. The zero-order chi connectivity index (χ0) is 30.6. The average molecular weight is 602 g/mol. The van der Waals surface area contributed by atoms with Crippen LogP contribution in [0.15, 0.2) is 148 Å². The lowest BCUT2D eigenvalue weighted by atomic mass is 10.0. The summed E-state index contributed by atoms with van der Waals surface area (Å²) in [4.78, 5) is 10.5. The lowest BCUT2D eigenvalue weighted by molar-refractivity contribution is 0.653. The minimum atomic E-state index is 0.555. The number of hydrogen-bond donors (Lipinski definition) is 0. The van der Waals surface area contributed by atoms with Crippen LogP contribution in [0.25, 0.3) is 105 Å². The van der Waals surface area contributed by atoms with Gasteiger partial charge in [-0.15, -0.1) is 0 Å². The molecule has 0 bridgehead atoms. The predicted molar refractivity (Wildman–Crippen MR) is 191 cm³/mol. The van der Waals surface area contributed by atoms with Gasteiger partial charge >= 0.3 is 0 Å². The molecule has 0 aliphatic rings. The molecule has 47 heavy (non-hydrogen) atoms. The van der Waals surface area contributed by atoms with E-state index in [2.05, 4.69) is 95.6 Å². The van der Waals surface area contributed by atoms with Gasteiger partial charge in [-0.3, -0.25) is 4.57 Å². The van der Waals surface area contributed by atoms with Crippen LogP contribution in [-0.2, 0) is 0 Å². The first-order valence-corrected chi connectivity index (χ1v) is 15.7. The Morgan fingerprint density at radius 3 is 1.96 bits per heavy atom. The summed E-state index contributed by atoms with van der Waals surface area (Å²) in [5, 5.41) is 11.1. The fraction of sp³-hybridized carbons (Fsp3) is 0. The number of hydrogen-bond acceptors (Lipinski definition) is 4. The van der Waals surface area contributed by atoms with Crippen molar-refractivity contribution in [2.24, 2.45) is 0 Å². The highest BCUT2D eigenvalue weighted by Gasteiger charge is 2.23. The Bertz CT molecular complexity index is 3090. The van der Waals surface area contributed by atoms with Crippen molar-refractivity contribution in [2.45, 2.75) is 0 Å². The second-order valence-electron chi connectivity index (χ2n) is 12.2. The van der Waals surface area contributed by atoms with Crippen molar-refractivity contribution in [1.29, 1.82) is 0 Å². The van der Waals surface area contributed by atoms with Gasteiger partial charge in [0.25, 0.3) is 0 Å². The summed E-state index contributed by atoms with van der Waals surface area (Å²) in [6, 6.07) is 48.6. The van der Waals surface area contributed by atoms with Crippen LogP contribution in [-0.4, -0.2) is 14.5 Å². The van der Waals surface area contributed by atoms with Crippen LogP contribution in [0.1, 0.15) is 0 Å². The van der Waals surface area contributed by atoms with Crippen molar-refractivity contribution >= 4 is 87.4 Å². The smallest absolute Gasteiger partial charge is 0.233 e. The molecular formula is C42H23N3O2. The van der Waals surface area contributed by atoms with E-state index in [9.17, 15) is 0 Å². The van der Waals surface area contributed by atoms with Gasteiger partial charge in [0.2, 0.25) is 5.71 Å². The van der Waals surface area contributed by atoms with Gasteiger partial charge in [0.15, 0.2) is 11.6 Å². The second-order valence-corrected chi connectivity index (χ2v) is 12.2. The minimum absolute atomic E-state index is 0.555. The van der Waals surface area contributed by atoms with Gasteiger partial charge < -0.3 is 8.83 Å². The van der Waals surface area contributed by atoms with E-state index in [0.29, 0.717) is 11.5 Å². The van der Waals surface area contributed by atoms with Crippen LogP contribution >= 0.6 is 0 Å². The highest BCUT2D eigenvalue weighted by molar-refractivity contribution is 6.24. The molecule has 0 saturated heterocycles. The largest absolute Gasteiger partial charge is 0.456 e. The molecule has 4 heterocycles. The van der Waals surface area contributed by atoms with Gasteiger partial charge in [0.1, 0.15) is 16.7 Å². The predicted octanol–water partition coefficient (Wildman–Crippen LogP) is 11.3. The van der Waals surface area contributed by atoms with E-state index in [1.807, 2.05) is 48.5 Å². The average Bonchev–Trinajstić information content (AvgIpc) is 3.79. The summed E-state index contributed by atoms with van der Waals surface area (Å²) in [5.74, 6) is 1.38. The molecule has 0 aliphatic heterocycles. The summed E-state index contributed by atoms with van der Waals surface area (Å²) in [6.45, 7) is 0. The van der Waals surface area contributed by atoms with E-state index in [1.54, 1.807) is 0 Å². The Labute approximate surface area is 266 Å². The zero-order valence-electron chi connectivity index (χ0n) is 24.9. The van der Waals surface area contributed by atoms with E-state index in [-0.39, 0.29) is 0 Å². The third-order valence-corrected chi connectivity index (χ3v) is 9.59. The normalized spacial score (nSPS) is 12.3. The van der Waals surface area contributed by atoms with Crippen molar-refractivity contribution in [1.82, 2.24) is 14.5 Å². The molecule has 0 spiro atoms. The van der Waals surface area contributed by atoms with E-state index < -0.39 is 0 Å². The fourth-order valence-corrected chi connectivity index (χ4v) is 7.46. The Kier molecular flexibility index (Phi) is 4.78. The highest BCUT2D eigenvalue weighted by atomic mass is 16.3. The van der Waals surface area contributed by atoms with E-state index >= 15 is 0 Å². The molecule has 5 heteroatoms. The topological polar surface area (TPSA) is 57.0 Å². The van der Waals surface area contributed by atoms with E-state index in [4.69, 9.17) is 18.8 Å². The Hall–Kier alpha value is -6.46. The molecule has 0 saturated carbocycles. The SMILES string of the molecule is c1ccc2cc3c(cc2c1)c1c2ccccc2ccc1n3-c1nc(-c2ccc3oc4ccccc4c3c2)nc2oc3ccccc3c12. The van der Waals surface area contributed by atoms with E-state index in [0.717, 1.165) is 60.7 Å². The van der Waals surface area contributed by atoms with Crippen LogP contribution in [0.5, 0.6) is 0 Å². The van der Waals surface area contributed by atoms with Gasteiger partial charge in [-0.2, -0.15) is 4.98 Å². The lowest BCUT2D eigenvalue weighted by Gasteiger charge is -2.11. The van der Waals surface area contributed by atoms with Crippen LogP contribution in [0.2, 0.25) is 0 Å². The molecule has 0 unspecified atom stereocenters. The molecule has 11 rings (SSSR count). The first-order valence-electron chi connectivity index (χ1n) is 15.7. The summed E-state index contributed by atoms with van der Waals surface area (Å²) >= 11 is 0. The fourth-order valence-electron chi connectivity index (χ4n) is 7.46. The molecule has 0 radical (unpaired) electrons. The van der Waals surface area contributed by atoms with Gasteiger partial charge in [-0.25, -0.2) is 4.98 Å². The van der Waals surface area contributed by atoms with Crippen LogP contribution in [0, 0.1) is 0 Å². The number of aromatic nitrogens is 3. The molecular weight excluding hydrogens is 578 g/mol. The Balaban J connectivity index is 1.31. The second kappa shape index (κ2) is 9.05. The Morgan fingerprint density at radius 1 is 0.426 bits per heavy atom. The van der Waals surface area contributed by atoms with Crippen molar-refractivity contribution in [3.05, 3.63) is 140 Å². The van der Waals surface area contributed by atoms with Crippen molar-refractivity contribution in [3.63, 3.8) is 0 Å². The maximum Gasteiger partial charge on any atom is 0.233 e. The number of fused-ring (bicyclic) bond motifs is 12. The first-order chi connectivity index (χ1) is 23.3. The quantitative estimate of drug-likeness (QED) is 0.198. The summed E-state index contributed by atoms with van der Waals surface area (Å²) in [6.07, 6.45) is 0. The van der Waals surface area contributed by atoms with Crippen molar-refractivity contribution in [3.8, 4) is 17.2 Å². The molecule has 0 aliphatic carbocycles. The minimum Gasteiger partial charge on any atom is -0.456 e. The third kappa shape index (κ3) is 3.43. The summed E-state index contributed by atoms with van der Waals surface area (Å²) in [7, 11) is 0. The van der Waals surface area contributed by atoms with Gasteiger partial charge in [0.05, 0.1) is 16.4 Å². The Morgan fingerprint density at radius 2 is 1.11 bits per heavy atom. The van der Waals surface area contributed by atoms with Gasteiger partial charge in [0, 0.05) is 32.5 Å². The molecule has 218 valence electrons. The molecule has 11 aromatic rings. The summed E-state index contributed by atoms with van der Waals surface area (Å²) < 4.78 is 14.9. The summed E-state index contributed by atoms with van der Waals surface area (Å²) in [5.41, 5.74) is 6.09. The number of furan rings is 2. The highest BCUT2D eigenvalue weighted by Crippen LogP contribution is 2.42. The van der Waals surface area contributed by atoms with Gasteiger partial charge in [-0.1, -0.05) is 91.0 Å². The molecule has 0 fully saturated rings. The molecule has 7 aromatic carbocycles. The van der Waals surface area contributed by atoms with Crippen molar-refractivity contribution < 1.29 is 8.83 Å². The van der Waals surface area contributed by atoms with E-state index in [1.165, 1.54) is 32.3 Å². The molecule has 5 nitrogen and oxygen atoms in total. The van der Waals surface area contributed by atoms with Crippen LogP contribution in [0.4, 0.5) is 0 Å². The first kappa shape index (κ1) is 24.8. The van der Waals surface area contributed by atoms with Crippen LogP contribution in [0.3, 0.4) is 0 Å². The third-order valence-electron chi connectivity index (χ3n) is 9.59. The maximum absolute atomic E-state index is 6.48. The lowest BCUT2D eigenvalue weighted by Crippen LogP contribution is -2.02. The number of para-hydroxylation sites is 2. The number of benzene rings is 7. The molecule has 0 amide bonds. The van der Waals surface area contributed by atoms with Crippen LogP contribution < -0.4 is 0 Å². The number of nitrogens with zero attached hydrogens (tertiary/aromatic N) is 3. The standard InChI is InChI=1S/C42H23N3O2/c1-2-11-26-23-34-32(21-25(26)10-1)38-28-12-4-3-9-24(28)17-19-33(38)45(34)41-39-30-14-6-8-16-36(30)47-42(39)44-40(43-41)27-18-20-37-31(22-27)29-13-5-7-15-35(29)46-37/h1-23H.